The normalized spacial score (nSPS) is 16.3. The molecule has 128 valence electrons. The van der Waals surface area contributed by atoms with Gasteiger partial charge in [0.05, 0.1) is 5.25 Å². The lowest BCUT2D eigenvalue weighted by Crippen LogP contribution is -2.43. The molecular weight excluding hydrogens is 344 g/mol. The van der Waals surface area contributed by atoms with Gasteiger partial charge in [-0.1, -0.05) is 37.3 Å². The van der Waals surface area contributed by atoms with Gasteiger partial charge in [-0.25, -0.2) is 13.4 Å². The number of sulfone groups is 1. The summed E-state index contributed by atoms with van der Waals surface area (Å²) >= 11 is 1.45. The molecule has 1 amide bonds. The van der Waals surface area contributed by atoms with Crippen LogP contribution >= 0.6 is 11.3 Å². The van der Waals surface area contributed by atoms with Crippen molar-refractivity contribution in [3.8, 4) is 10.6 Å². The standard InChI is InChI=1S/C17H20N2O3S2/c1-2-24(21,22)14-8-10-19(11-9-14)17(20)15-12-23-16(18-15)13-6-4-3-5-7-13/h3-7,12,14H,2,8-11H2,1H3. The van der Waals surface area contributed by atoms with Gasteiger partial charge in [0.2, 0.25) is 0 Å². The zero-order valence-corrected chi connectivity index (χ0v) is 15.1. The summed E-state index contributed by atoms with van der Waals surface area (Å²) in [6.07, 6.45) is 1.02. The smallest absolute Gasteiger partial charge is 0.273 e. The van der Waals surface area contributed by atoms with E-state index < -0.39 is 9.84 Å². The molecule has 7 heteroatoms. The molecule has 1 aliphatic heterocycles. The summed E-state index contributed by atoms with van der Waals surface area (Å²) in [6.45, 7) is 2.62. The maximum absolute atomic E-state index is 12.6. The Kier molecular flexibility index (Phi) is 5.01. The first-order valence-electron chi connectivity index (χ1n) is 8.03. The monoisotopic (exact) mass is 364 g/mol. The number of carbonyl (C=O) groups excluding carboxylic acids is 1. The molecule has 1 aromatic heterocycles. The highest BCUT2D eigenvalue weighted by molar-refractivity contribution is 7.92. The fourth-order valence-electron chi connectivity index (χ4n) is 2.90. The van der Waals surface area contributed by atoms with Crippen LogP contribution in [0.4, 0.5) is 0 Å². The van der Waals surface area contributed by atoms with Crippen LogP contribution in [0.2, 0.25) is 0 Å². The van der Waals surface area contributed by atoms with Crippen LogP contribution in [0, 0.1) is 0 Å². The highest BCUT2D eigenvalue weighted by Gasteiger charge is 2.31. The molecule has 0 saturated carbocycles. The molecule has 2 heterocycles. The van der Waals surface area contributed by atoms with Crippen LogP contribution in [0.1, 0.15) is 30.3 Å². The number of amides is 1. The van der Waals surface area contributed by atoms with E-state index in [0.29, 0.717) is 31.6 Å². The predicted octanol–water partition coefficient (Wildman–Crippen LogP) is 2.85. The number of nitrogens with zero attached hydrogens (tertiary/aromatic N) is 2. The summed E-state index contributed by atoms with van der Waals surface area (Å²) in [5.41, 5.74) is 1.44. The Bertz CT molecular complexity index is 807. The molecule has 24 heavy (non-hydrogen) atoms. The van der Waals surface area contributed by atoms with Crippen molar-refractivity contribution < 1.29 is 13.2 Å². The largest absolute Gasteiger partial charge is 0.337 e. The molecule has 3 rings (SSSR count). The molecule has 0 radical (unpaired) electrons. The third-order valence-electron chi connectivity index (χ3n) is 4.38. The van der Waals surface area contributed by atoms with Crippen molar-refractivity contribution in [2.45, 2.75) is 25.0 Å². The van der Waals surface area contributed by atoms with Crippen LogP contribution in [0.15, 0.2) is 35.7 Å². The first-order chi connectivity index (χ1) is 11.5. The van der Waals surface area contributed by atoms with Crippen LogP contribution in [-0.4, -0.2) is 48.3 Å². The summed E-state index contributed by atoms with van der Waals surface area (Å²) in [5.74, 6) is 0.0544. The topological polar surface area (TPSA) is 67.3 Å². The fraction of sp³-hybridized carbons (Fsp3) is 0.412. The van der Waals surface area contributed by atoms with Gasteiger partial charge in [0.15, 0.2) is 9.84 Å². The third-order valence-corrected chi connectivity index (χ3v) is 7.57. The van der Waals surface area contributed by atoms with Crippen molar-refractivity contribution in [2.75, 3.05) is 18.8 Å². The highest BCUT2D eigenvalue weighted by Crippen LogP contribution is 2.25. The number of thiazole rings is 1. The van der Waals surface area contributed by atoms with E-state index in [9.17, 15) is 13.2 Å². The number of benzene rings is 1. The second-order valence-electron chi connectivity index (χ2n) is 5.85. The lowest BCUT2D eigenvalue weighted by atomic mass is 10.1. The van der Waals surface area contributed by atoms with E-state index in [1.54, 1.807) is 17.2 Å². The van der Waals surface area contributed by atoms with Crippen molar-refractivity contribution in [3.05, 3.63) is 41.4 Å². The van der Waals surface area contributed by atoms with Gasteiger partial charge < -0.3 is 4.90 Å². The van der Waals surface area contributed by atoms with Gasteiger partial charge in [-0.2, -0.15) is 0 Å². The van der Waals surface area contributed by atoms with Gasteiger partial charge in [-0.3, -0.25) is 4.79 Å². The minimum atomic E-state index is -3.02. The molecule has 0 spiro atoms. The van der Waals surface area contributed by atoms with Crippen LogP contribution < -0.4 is 0 Å². The lowest BCUT2D eigenvalue weighted by Gasteiger charge is -2.31. The predicted molar refractivity (Wildman–Crippen MR) is 95.9 cm³/mol. The molecule has 0 aliphatic carbocycles. The molecule has 1 fully saturated rings. The molecule has 1 aromatic carbocycles. The Hall–Kier alpha value is -1.73. The third kappa shape index (κ3) is 3.52. The minimum absolute atomic E-state index is 0.110. The van der Waals surface area contributed by atoms with Crippen molar-refractivity contribution in [2.24, 2.45) is 0 Å². The molecule has 2 aromatic rings. The number of hydrogen-bond donors (Lipinski definition) is 0. The number of carbonyl (C=O) groups is 1. The molecular formula is C17H20N2O3S2. The van der Waals surface area contributed by atoms with Gasteiger partial charge in [-0.15, -0.1) is 11.3 Å². The fourth-order valence-corrected chi connectivity index (χ4v) is 5.10. The summed E-state index contributed by atoms with van der Waals surface area (Å²) < 4.78 is 23.9. The summed E-state index contributed by atoms with van der Waals surface area (Å²) in [7, 11) is -3.02. The van der Waals surface area contributed by atoms with Crippen molar-refractivity contribution in [1.82, 2.24) is 9.88 Å². The maximum Gasteiger partial charge on any atom is 0.273 e. The van der Waals surface area contributed by atoms with E-state index in [1.165, 1.54) is 11.3 Å². The highest BCUT2D eigenvalue weighted by atomic mass is 32.2. The zero-order chi connectivity index (χ0) is 17.2. The number of rotatable bonds is 4. The van der Waals surface area contributed by atoms with Crippen molar-refractivity contribution in [1.29, 1.82) is 0 Å². The molecule has 0 atom stereocenters. The second-order valence-corrected chi connectivity index (χ2v) is 9.27. The van der Waals surface area contributed by atoms with Gasteiger partial charge in [0, 0.05) is 29.8 Å². The van der Waals surface area contributed by atoms with E-state index >= 15 is 0 Å². The molecule has 5 nitrogen and oxygen atoms in total. The van der Waals surface area contributed by atoms with Gasteiger partial charge in [0.1, 0.15) is 10.7 Å². The molecule has 0 N–H and O–H groups in total. The van der Waals surface area contributed by atoms with Crippen LogP contribution in [0.3, 0.4) is 0 Å². The minimum Gasteiger partial charge on any atom is -0.337 e. The van der Waals surface area contributed by atoms with E-state index in [4.69, 9.17) is 0 Å². The Morgan fingerprint density at radius 3 is 2.54 bits per heavy atom. The number of likely N-dealkylation sites (tertiary alicyclic amines) is 1. The first kappa shape index (κ1) is 17.1. The van der Waals surface area contributed by atoms with E-state index in [0.717, 1.165) is 10.6 Å². The number of hydrogen-bond acceptors (Lipinski definition) is 5. The maximum atomic E-state index is 12.6. The molecule has 1 aliphatic rings. The average Bonchev–Trinajstić information content (AvgIpc) is 3.12. The molecule has 0 bridgehead atoms. The quantitative estimate of drug-likeness (QED) is 0.837. The van der Waals surface area contributed by atoms with Crippen LogP contribution in [-0.2, 0) is 9.84 Å². The van der Waals surface area contributed by atoms with Crippen molar-refractivity contribution >= 4 is 27.1 Å². The molecule has 0 unspecified atom stereocenters. The Labute approximate surface area is 146 Å². The Morgan fingerprint density at radius 1 is 1.25 bits per heavy atom. The first-order valence-corrected chi connectivity index (χ1v) is 10.6. The zero-order valence-electron chi connectivity index (χ0n) is 13.5. The second kappa shape index (κ2) is 7.03. The van der Waals surface area contributed by atoms with Gasteiger partial charge in [-0.05, 0) is 12.8 Å². The molecule has 1 saturated heterocycles. The van der Waals surface area contributed by atoms with Crippen LogP contribution in [0.5, 0.6) is 0 Å². The Balaban J connectivity index is 1.67. The van der Waals surface area contributed by atoms with Crippen molar-refractivity contribution in [3.63, 3.8) is 0 Å². The summed E-state index contributed by atoms with van der Waals surface area (Å²) in [6, 6.07) is 9.76. The SMILES string of the molecule is CCS(=O)(=O)C1CCN(C(=O)c2csc(-c3ccccc3)n2)CC1. The number of aromatic nitrogens is 1. The van der Waals surface area contributed by atoms with Gasteiger partial charge in [0.25, 0.3) is 5.91 Å². The lowest BCUT2D eigenvalue weighted by molar-refractivity contribution is 0.0720. The van der Waals surface area contributed by atoms with E-state index in [1.807, 2.05) is 30.3 Å². The summed E-state index contributed by atoms with van der Waals surface area (Å²) in [5, 5.41) is 2.28. The van der Waals surface area contributed by atoms with Crippen LogP contribution in [0.25, 0.3) is 10.6 Å². The van der Waals surface area contributed by atoms with Gasteiger partial charge >= 0.3 is 0 Å². The number of piperidine rings is 1. The Morgan fingerprint density at radius 2 is 1.92 bits per heavy atom. The van der Waals surface area contributed by atoms with E-state index in [2.05, 4.69) is 4.98 Å². The van der Waals surface area contributed by atoms with E-state index in [-0.39, 0.29) is 16.9 Å². The average molecular weight is 364 g/mol. The summed E-state index contributed by atoms with van der Waals surface area (Å²) in [4.78, 5) is 18.8.